The number of methoxy groups -OCH3 is 1. The lowest BCUT2D eigenvalue weighted by atomic mass is 9.69. The molecule has 156 valence electrons. The average molecular weight is 405 g/mol. The number of amides is 2. The third-order valence-electron chi connectivity index (χ3n) is 6.58. The van der Waals surface area contributed by atoms with Crippen molar-refractivity contribution >= 4 is 11.7 Å². The molecule has 1 saturated carbocycles. The number of carbonyl (C=O) groups is 1. The molecule has 0 unspecified atom stereocenters. The zero-order valence-electron chi connectivity index (χ0n) is 17.6. The molecule has 1 aliphatic heterocycles. The molecule has 0 radical (unpaired) electrons. The molecule has 2 fully saturated rings. The van der Waals surface area contributed by atoms with Crippen molar-refractivity contribution in [3.8, 4) is 11.8 Å². The second-order valence-corrected chi connectivity index (χ2v) is 8.27. The monoisotopic (exact) mass is 404 g/mol. The van der Waals surface area contributed by atoms with E-state index < -0.39 is 0 Å². The molecule has 0 atom stereocenters. The van der Waals surface area contributed by atoms with Crippen molar-refractivity contribution in [3.05, 3.63) is 59.7 Å². The first-order chi connectivity index (χ1) is 14.5. The minimum atomic E-state index is -0.246. The Morgan fingerprint density at radius 3 is 2.53 bits per heavy atom. The molecule has 6 heteroatoms. The molecule has 30 heavy (non-hydrogen) atoms. The van der Waals surface area contributed by atoms with E-state index in [0.717, 1.165) is 32.2 Å². The van der Waals surface area contributed by atoms with Gasteiger partial charge in [0.2, 0.25) is 0 Å². The number of rotatable bonds is 5. The van der Waals surface area contributed by atoms with Gasteiger partial charge in [0.1, 0.15) is 5.75 Å². The summed E-state index contributed by atoms with van der Waals surface area (Å²) >= 11 is 0. The van der Waals surface area contributed by atoms with Crippen LogP contribution in [-0.4, -0.2) is 31.8 Å². The van der Waals surface area contributed by atoms with Gasteiger partial charge in [0.05, 0.1) is 36.5 Å². The summed E-state index contributed by atoms with van der Waals surface area (Å²) in [5, 5.41) is 16.1. The highest BCUT2D eigenvalue weighted by Crippen LogP contribution is 2.44. The summed E-state index contributed by atoms with van der Waals surface area (Å²) in [5.41, 5.74) is 2.24. The van der Waals surface area contributed by atoms with Gasteiger partial charge in [-0.15, -0.1) is 0 Å². The number of urea groups is 1. The van der Waals surface area contributed by atoms with Gasteiger partial charge < -0.3 is 15.4 Å². The van der Waals surface area contributed by atoms with Crippen molar-refractivity contribution in [1.82, 2.24) is 10.6 Å². The van der Waals surface area contributed by atoms with Gasteiger partial charge in [-0.25, -0.2) is 4.79 Å². The van der Waals surface area contributed by atoms with Crippen LogP contribution in [0.4, 0.5) is 10.5 Å². The van der Waals surface area contributed by atoms with E-state index in [-0.39, 0.29) is 17.1 Å². The fraction of sp³-hybridized carbons (Fsp3) is 0.417. The van der Waals surface area contributed by atoms with Crippen molar-refractivity contribution < 1.29 is 9.53 Å². The maximum absolute atomic E-state index is 12.9. The number of nitriles is 1. The Labute approximate surface area is 177 Å². The topological polar surface area (TPSA) is 77.4 Å². The van der Waals surface area contributed by atoms with E-state index >= 15 is 0 Å². The molecule has 1 spiro atoms. The highest BCUT2D eigenvalue weighted by Gasteiger charge is 2.49. The number of hydrogen-bond donors (Lipinski definition) is 2. The van der Waals surface area contributed by atoms with Crippen LogP contribution in [0, 0.1) is 11.3 Å². The maximum Gasteiger partial charge on any atom is 0.322 e. The van der Waals surface area contributed by atoms with Crippen molar-refractivity contribution in [2.75, 3.05) is 25.1 Å². The third kappa shape index (κ3) is 3.50. The van der Waals surface area contributed by atoms with Crippen LogP contribution < -0.4 is 20.3 Å². The van der Waals surface area contributed by atoms with Crippen LogP contribution in [0.3, 0.4) is 0 Å². The Balaban J connectivity index is 1.56. The molecule has 6 nitrogen and oxygen atoms in total. The third-order valence-corrected chi connectivity index (χ3v) is 6.58. The average Bonchev–Trinajstić information content (AvgIpc) is 3.11. The molecule has 1 heterocycles. The Kier molecular flexibility index (Phi) is 5.40. The first-order valence-electron chi connectivity index (χ1n) is 10.5. The molecule has 4 rings (SSSR count). The summed E-state index contributed by atoms with van der Waals surface area (Å²) in [6.07, 6.45) is 3.72. The van der Waals surface area contributed by atoms with Crippen LogP contribution >= 0.6 is 0 Å². The molecule has 0 bridgehead atoms. The minimum Gasteiger partial charge on any atom is -0.495 e. The molecule has 2 N–H and O–H groups in total. The summed E-state index contributed by atoms with van der Waals surface area (Å²) in [7, 11) is 1.56. The zero-order valence-corrected chi connectivity index (χ0v) is 17.6. The van der Waals surface area contributed by atoms with Crippen molar-refractivity contribution in [2.24, 2.45) is 0 Å². The molecule has 1 aliphatic carbocycles. The van der Waals surface area contributed by atoms with E-state index in [1.165, 1.54) is 5.56 Å². The number of benzene rings is 2. The number of carbonyl (C=O) groups excluding carboxylic acids is 1. The van der Waals surface area contributed by atoms with Gasteiger partial charge in [-0.2, -0.15) is 5.26 Å². The predicted molar refractivity (Wildman–Crippen MR) is 117 cm³/mol. The number of nitrogens with one attached hydrogen (secondary N) is 2. The first kappa shape index (κ1) is 20.2. The molecule has 2 amide bonds. The van der Waals surface area contributed by atoms with Crippen molar-refractivity contribution in [2.45, 2.75) is 43.7 Å². The fourth-order valence-electron chi connectivity index (χ4n) is 4.97. The van der Waals surface area contributed by atoms with E-state index in [0.29, 0.717) is 23.5 Å². The van der Waals surface area contributed by atoms with Crippen LogP contribution in [-0.2, 0) is 5.54 Å². The van der Waals surface area contributed by atoms with E-state index in [1.54, 1.807) is 30.2 Å². The van der Waals surface area contributed by atoms with E-state index in [1.807, 2.05) is 6.07 Å². The van der Waals surface area contributed by atoms with Gasteiger partial charge >= 0.3 is 6.03 Å². The van der Waals surface area contributed by atoms with Gasteiger partial charge in [0, 0.05) is 11.6 Å². The van der Waals surface area contributed by atoms with Gasteiger partial charge in [-0.1, -0.05) is 37.3 Å². The molecule has 1 saturated heterocycles. The van der Waals surface area contributed by atoms with E-state index in [9.17, 15) is 4.79 Å². The SMILES string of the molecule is CCNC1(c2ccccc2)CCC2(CC1)CN(c1ccc(C#N)cc1OC)C(=O)N2. The largest absolute Gasteiger partial charge is 0.495 e. The predicted octanol–water partition coefficient (Wildman–Crippen LogP) is 3.91. The summed E-state index contributed by atoms with van der Waals surface area (Å²) in [4.78, 5) is 14.7. The molecule has 2 aromatic rings. The van der Waals surface area contributed by atoms with Crippen LogP contribution in [0.5, 0.6) is 5.75 Å². The highest BCUT2D eigenvalue weighted by atomic mass is 16.5. The van der Waals surface area contributed by atoms with Crippen LogP contribution in [0.25, 0.3) is 0 Å². The van der Waals surface area contributed by atoms with Gasteiger partial charge in [-0.05, 0) is 49.9 Å². The Bertz CT molecular complexity index is 959. The Morgan fingerprint density at radius 1 is 1.17 bits per heavy atom. The number of hydrogen-bond acceptors (Lipinski definition) is 4. The number of anilines is 1. The summed E-state index contributed by atoms with van der Waals surface area (Å²) in [6.45, 7) is 3.65. The Hall–Kier alpha value is -3.04. The lowest BCUT2D eigenvalue weighted by Crippen LogP contribution is -2.54. The molecule has 2 aromatic carbocycles. The van der Waals surface area contributed by atoms with Gasteiger partial charge in [-0.3, -0.25) is 4.90 Å². The number of nitrogens with zero attached hydrogens (tertiary/aromatic N) is 2. The second-order valence-electron chi connectivity index (χ2n) is 8.27. The molecule has 0 aromatic heterocycles. The lowest BCUT2D eigenvalue weighted by molar-refractivity contribution is 0.161. The highest BCUT2D eigenvalue weighted by molar-refractivity contribution is 5.97. The van der Waals surface area contributed by atoms with Crippen molar-refractivity contribution in [3.63, 3.8) is 0 Å². The zero-order chi connectivity index (χ0) is 21.2. The maximum atomic E-state index is 12.9. The van der Waals surface area contributed by atoms with E-state index in [2.05, 4.69) is 47.9 Å². The van der Waals surface area contributed by atoms with Crippen LogP contribution in [0.15, 0.2) is 48.5 Å². The molecule has 2 aliphatic rings. The molecular weight excluding hydrogens is 376 g/mol. The second kappa shape index (κ2) is 8.00. The summed E-state index contributed by atoms with van der Waals surface area (Å²) in [6, 6.07) is 17.8. The van der Waals surface area contributed by atoms with Gasteiger partial charge in [0.25, 0.3) is 0 Å². The summed E-state index contributed by atoms with van der Waals surface area (Å²) < 4.78 is 5.46. The van der Waals surface area contributed by atoms with Crippen LogP contribution in [0.2, 0.25) is 0 Å². The lowest BCUT2D eigenvalue weighted by Gasteiger charge is -2.45. The minimum absolute atomic E-state index is 0.0501. The fourth-order valence-corrected chi connectivity index (χ4v) is 4.97. The quantitative estimate of drug-likeness (QED) is 0.792. The number of ether oxygens (including phenoxy) is 1. The first-order valence-corrected chi connectivity index (χ1v) is 10.5. The van der Waals surface area contributed by atoms with Crippen molar-refractivity contribution in [1.29, 1.82) is 5.26 Å². The summed E-state index contributed by atoms with van der Waals surface area (Å²) in [5.74, 6) is 0.545. The molecular formula is C24H28N4O2. The standard InChI is InChI=1S/C24H28N4O2/c1-3-26-24(19-7-5-4-6-8-19)13-11-23(12-14-24)17-28(22(29)27-23)20-10-9-18(16-25)15-21(20)30-2/h4-10,15,26H,3,11-14,17H2,1-2H3,(H,27,29). The normalized spacial score (nSPS) is 25.8. The Morgan fingerprint density at radius 2 is 1.90 bits per heavy atom. The van der Waals surface area contributed by atoms with Gasteiger partial charge in [0.15, 0.2) is 0 Å². The van der Waals surface area contributed by atoms with E-state index in [4.69, 9.17) is 10.00 Å². The smallest absolute Gasteiger partial charge is 0.322 e. The van der Waals surface area contributed by atoms with Crippen LogP contribution in [0.1, 0.15) is 43.7 Å².